The molecule has 1 aliphatic rings. The molecule has 0 spiro atoms. The van der Waals surface area contributed by atoms with E-state index in [-0.39, 0.29) is 18.6 Å². The second-order valence-electron chi connectivity index (χ2n) is 7.04. The molecule has 3 unspecified atom stereocenters. The molecule has 1 aromatic rings. The van der Waals surface area contributed by atoms with Crippen LogP contribution in [0, 0.1) is 24.7 Å². The Kier molecular flexibility index (Phi) is 6.01. The predicted molar refractivity (Wildman–Crippen MR) is 90.9 cm³/mol. The van der Waals surface area contributed by atoms with Gasteiger partial charge >= 0.3 is 0 Å². The maximum atomic E-state index is 12.1. The second-order valence-corrected chi connectivity index (χ2v) is 7.04. The summed E-state index contributed by atoms with van der Waals surface area (Å²) in [5, 5.41) is 2.94. The Morgan fingerprint density at radius 3 is 2.73 bits per heavy atom. The van der Waals surface area contributed by atoms with Gasteiger partial charge in [-0.1, -0.05) is 45.4 Å². The number of aryl methyl sites for hydroxylation is 1. The minimum absolute atomic E-state index is 0.0602. The van der Waals surface area contributed by atoms with E-state index < -0.39 is 0 Å². The van der Waals surface area contributed by atoms with Crippen molar-refractivity contribution in [2.45, 2.75) is 53.1 Å². The van der Waals surface area contributed by atoms with Crippen LogP contribution in [-0.4, -0.2) is 18.6 Å². The van der Waals surface area contributed by atoms with Crippen LogP contribution >= 0.6 is 0 Å². The van der Waals surface area contributed by atoms with Crippen molar-refractivity contribution in [1.82, 2.24) is 0 Å². The minimum atomic E-state index is -0.0602. The molecule has 1 amide bonds. The van der Waals surface area contributed by atoms with Crippen molar-refractivity contribution in [2.24, 2.45) is 17.8 Å². The number of carbonyl (C=O) groups excluding carboxylic acids is 1. The summed E-state index contributed by atoms with van der Waals surface area (Å²) in [4.78, 5) is 12.1. The molecule has 2 rings (SSSR count). The number of nitrogens with one attached hydrogen (secondary N) is 1. The summed E-state index contributed by atoms with van der Waals surface area (Å²) in [6, 6.07) is 7.82. The normalized spacial score (nSPS) is 25.2. The molecular weight excluding hydrogens is 274 g/mol. The molecule has 3 heteroatoms. The number of hydrogen-bond donors (Lipinski definition) is 1. The van der Waals surface area contributed by atoms with E-state index in [4.69, 9.17) is 4.74 Å². The lowest BCUT2D eigenvalue weighted by atomic mass is 9.75. The number of para-hydroxylation sites is 1. The van der Waals surface area contributed by atoms with E-state index in [2.05, 4.69) is 26.1 Å². The number of amides is 1. The van der Waals surface area contributed by atoms with Crippen molar-refractivity contribution in [2.75, 3.05) is 11.9 Å². The second kappa shape index (κ2) is 7.77. The largest absolute Gasteiger partial charge is 0.368 e. The highest BCUT2D eigenvalue weighted by molar-refractivity contribution is 5.92. The number of anilines is 1. The van der Waals surface area contributed by atoms with E-state index in [1.165, 1.54) is 12.8 Å². The zero-order chi connectivity index (χ0) is 16.1. The Labute approximate surface area is 134 Å². The van der Waals surface area contributed by atoms with E-state index >= 15 is 0 Å². The molecule has 0 aromatic heterocycles. The highest BCUT2D eigenvalue weighted by atomic mass is 16.5. The Morgan fingerprint density at radius 1 is 1.32 bits per heavy atom. The fourth-order valence-electron chi connectivity index (χ4n) is 3.39. The van der Waals surface area contributed by atoms with Gasteiger partial charge in [0.2, 0.25) is 5.91 Å². The molecule has 1 N–H and O–H groups in total. The SMILES string of the molecule is Cc1ccccc1NC(=O)COC1CC(C)CCC1C(C)C. The van der Waals surface area contributed by atoms with E-state index in [0.29, 0.717) is 17.8 Å². The first-order valence-corrected chi connectivity index (χ1v) is 8.44. The van der Waals surface area contributed by atoms with Gasteiger partial charge in [0.05, 0.1) is 6.10 Å². The quantitative estimate of drug-likeness (QED) is 0.875. The molecule has 0 saturated heterocycles. The fourth-order valence-corrected chi connectivity index (χ4v) is 3.39. The summed E-state index contributed by atoms with van der Waals surface area (Å²) in [5.74, 6) is 1.81. The van der Waals surface area contributed by atoms with Crippen molar-refractivity contribution in [1.29, 1.82) is 0 Å². The first-order chi connectivity index (χ1) is 10.5. The first-order valence-electron chi connectivity index (χ1n) is 8.44. The lowest BCUT2D eigenvalue weighted by molar-refractivity contribution is -0.126. The Balaban J connectivity index is 1.87. The summed E-state index contributed by atoms with van der Waals surface area (Å²) in [7, 11) is 0. The number of benzene rings is 1. The third-order valence-corrected chi connectivity index (χ3v) is 4.81. The van der Waals surface area contributed by atoms with Crippen LogP contribution in [0.15, 0.2) is 24.3 Å². The van der Waals surface area contributed by atoms with Gasteiger partial charge in [-0.15, -0.1) is 0 Å². The van der Waals surface area contributed by atoms with Crippen LogP contribution in [0.5, 0.6) is 0 Å². The maximum Gasteiger partial charge on any atom is 0.250 e. The van der Waals surface area contributed by atoms with Crippen molar-refractivity contribution in [3.05, 3.63) is 29.8 Å². The molecule has 0 aliphatic heterocycles. The van der Waals surface area contributed by atoms with Crippen molar-refractivity contribution >= 4 is 11.6 Å². The molecule has 1 saturated carbocycles. The topological polar surface area (TPSA) is 38.3 Å². The van der Waals surface area contributed by atoms with Gasteiger partial charge in [-0.05, 0) is 49.1 Å². The van der Waals surface area contributed by atoms with E-state index in [9.17, 15) is 4.79 Å². The average molecular weight is 303 g/mol. The molecule has 3 atom stereocenters. The van der Waals surface area contributed by atoms with Gasteiger partial charge in [0, 0.05) is 5.69 Å². The number of ether oxygens (including phenoxy) is 1. The molecule has 1 fully saturated rings. The van der Waals surface area contributed by atoms with E-state index in [1.807, 2.05) is 31.2 Å². The van der Waals surface area contributed by atoms with Gasteiger partial charge in [-0.25, -0.2) is 0 Å². The molecule has 0 bridgehead atoms. The maximum absolute atomic E-state index is 12.1. The molecule has 1 aliphatic carbocycles. The predicted octanol–water partition coefficient (Wildman–Crippen LogP) is 4.41. The molecule has 122 valence electrons. The van der Waals surface area contributed by atoms with Crippen molar-refractivity contribution in [3.63, 3.8) is 0 Å². The first kappa shape index (κ1) is 17.0. The van der Waals surface area contributed by atoms with Crippen LogP contribution in [-0.2, 0) is 9.53 Å². The van der Waals surface area contributed by atoms with Crippen LogP contribution in [0.1, 0.15) is 45.6 Å². The number of rotatable bonds is 5. The average Bonchev–Trinajstić information content (AvgIpc) is 2.47. The fraction of sp³-hybridized carbons (Fsp3) is 0.632. The van der Waals surface area contributed by atoms with Gasteiger partial charge < -0.3 is 10.1 Å². The highest BCUT2D eigenvalue weighted by Crippen LogP contribution is 2.35. The third-order valence-electron chi connectivity index (χ3n) is 4.81. The lowest BCUT2D eigenvalue weighted by Crippen LogP contribution is -2.36. The smallest absolute Gasteiger partial charge is 0.250 e. The van der Waals surface area contributed by atoms with Crippen LogP contribution < -0.4 is 5.32 Å². The third kappa shape index (κ3) is 4.57. The van der Waals surface area contributed by atoms with Crippen LogP contribution in [0.2, 0.25) is 0 Å². The minimum Gasteiger partial charge on any atom is -0.368 e. The molecule has 0 radical (unpaired) electrons. The molecule has 1 aromatic carbocycles. The Bertz CT molecular complexity index is 498. The zero-order valence-electron chi connectivity index (χ0n) is 14.3. The summed E-state index contributed by atoms with van der Waals surface area (Å²) in [6.07, 6.45) is 3.77. The summed E-state index contributed by atoms with van der Waals surface area (Å²) < 4.78 is 5.99. The highest BCUT2D eigenvalue weighted by Gasteiger charge is 2.31. The molecule has 3 nitrogen and oxygen atoms in total. The van der Waals surface area contributed by atoms with Crippen LogP contribution in [0.4, 0.5) is 5.69 Å². The molecular formula is C19H29NO2. The Morgan fingerprint density at radius 2 is 2.05 bits per heavy atom. The van der Waals surface area contributed by atoms with Gasteiger partial charge in [0.15, 0.2) is 0 Å². The van der Waals surface area contributed by atoms with Gasteiger partial charge in [0.1, 0.15) is 6.61 Å². The van der Waals surface area contributed by atoms with Gasteiger partial charge in [-0.2, -0.15) is 0 Å². The van der Waals surface area contributed by atoms with Crippen molar-refractivity contribution < 1.29 is 9.53 Å². The zero-order valence-corrected chi connectivity index (χ0v) is 14.3. The monoisotopic (exact) mass is 303 g/mol. The number of hydrogen-bond acceptors (Lipinski definition) is 2. The van der Waals surface area contributed by atoms with Gasteiger partial charge in [-0.3, -0.25) is 4.79 Å². The van der Waals surface area contributed by atoms with E-state index in [0.717, 1.165) is 17.7 Å². The van der Waals surface area contributed by atoms with Crippen LogP contribution in [0.3, 0.4) is 0 Å². The summed E-state index contributed by atoms with van der Waals surface area (Å²) in [5.41, 5.74) is 1.94. The van der Waals surface area contributed by atoms with Crippen molar-refractivity contribution in [3.8, 4) is 0 Å². The summed E-state index contributed by atoms with van der Waals surface area (Å²) in [6.45, 7) is 8.93. The Hall–Kier alpha value is -1.35. The number of carbonyl (C=O) groups is 1. The molecule has 0 heterocycles. The molecule has 22 heavy (non-hydrogen) atoms. The van der Waals surface area contributed by atoms with Gasteiger partial charge in [0.25, 0.3) is 0 Å². The summed E-state index contributed by atoms with van der Waals surface area (Å²) >= 11 is 0. The lowest BCUT2D eigenvalue weighted by Gasteiger charge is -2.37. The van der Waals surface area contributed by atoms with Crippen LogP contribution in [0.25, 0.3) is 0 Å². The standard InChI is InChI=1S/C19H29NO2/c1-13(2)16-10-9-14(3)11-18(16)22-12-19(21)20-17-8-6-5-7-15(17)4/h5-8,13-14,16,18H,9-12H2,1-4H3,(H,20,21). The van der Waals surface area contributed by atoms with E-state index in [1.54, 1.807) is 0 Å².